The number of H-pyrrole nitrogens is 1. The summed E-state index contributed by atoms with van der Waals surface area (Å²) < 4.78 is 4.59. The van der Waals surface area contributed by atoms with Gasteiger partial charge in [0.1, 0.15) is 5.82 Å². The van der Waals surface area contributed by atoms with E-state index in [1.165, 1.54) is 16.7 Å². The zero-order valence-corrected chi connectivity index (χ0v) is 16.4. The van der Waals surface area contributed by atoms with E-state index < -0.39 is 0 Å². The lowest BCUT2D eigenvalue weighted by Crippen LogP contribution is -2.02. The molecule has 1 fully saturated rings. The van der Waals surface area contributed by atoms with Crippen molar-refractivity contribution in [1.82, 2.24) is 24.5 Å². The highest BCUT2D eigenvalue weighted by molar-refractivity contribution is 7.71. The SMILES string of the molecule is Cc1ccc(Cn2cc(-n3c([C@H]4C[C@H]4c4ccccc4)n[nH]c3=S)cn2)cc1. The van der Waals surface area contributed by atoms with E-state index in [1.54, 1.807) is 0 Å². The monoisotopic (exact) mass is 387 g/mol. The summed E-state index contributed by atoms with van der Waals surface area (Å²) in [4.78, 5) is 0. The first-order valence-electron chi connectivity index (χ1n) is 9.49. The van der Waals surface area contributed by atoms with Crippen LogP contribution in [0, 0.1) is 11.7 Å². The Hall–Kier alpha value is -2.99. The number of nitrogens with zero attached hydrogens (tertiary/aromatic N) is 4. The molecule has 2 atom stereocenters. The van der Waals surface area contributed by atoms with Crippen LogP contribution >= 0.6 is 12.2 Å². The van der Waals surface area contributed by atoms with Gasteiger partial charge in [-0.3, -0.25) is 14.3 Å². The molecule has 0 unspecified atom stereocenters. The van der Waals surface area contributed by atoms with Crippen LogP contribution in [0.4, 0.5) is 0 Å². The van der Waals surface area contributed by atoms with E-state index in [0.717, 1.165) is 24.5 Å². The van der Waals surface area contributed by atoms with Crippen molar-refractivity contribution in [3.05, 3.63) is 94.3 Å². The zero-order valence-electron chi connectivity index (χ0n) is 15.6. The van der Waals surface area contributed by atoms with E-state index in [2.05, 4.69) is 76.8 Å². The summed E-state index contributed by atoms with van der Waals surface area (Å²) in [5, 5.41) is 12.1. The van der Waals surface area contributed by atoms with Crippen molar-refractivity contribution < 1.29 is 0 Å². The Morgan fingerprint density at radius 2 is 1.86 bits per heavy atom. The molecule has 0 aliphatic heterocycles. The Labute approximate surface area is 168 Å². The van der Waals surface area contributed by atoms with Gasteiger partial charge in [0, 0.05) is 12.1 Å². The van der Waals surface area contributed by atoms with Crippen molar-refractivity contribution >= 4 is 12.2 Å². The minimum Gasteiger partial charge on any atom is -0.269 e. The first-order valence-corrected chi connectivity index (χ1v) is 9.90. The molecule has 1 aliphatic rings. The van der Waals surface area contributed by atoms with Crippen LogP contribution in [0.2, 0.25) is 0 Å². The molecule has 5 rings (SSSR count). The van der Waals surface area contributed by atoms with Gasteiger partial charge in [0.25, 0.3) is 0 Å². The molecule has 140 valence electrons. The second-order valence-electron chi connectivity index (χ2n) is 7.46. The number of aryl methyl sites for hydroxylation is 1. The number of hydrogen-bond acceptors (Lipinski definition) is 3. The van der Waals surface area contributed by atoms with Gasteiger partial charge in [-0.25, -0.2) is 0 Å². The minimum absolute atomic E-state index is 0.385. The van der Waals surface area contributed by atoms with Crippen LogP contribution in [0.25, 0.3) is 5.69 Å². The number of hydrogen-bond donors (Lipinski definition) is 1. The van der Waals surface area contributed by atoms with Crippen molar-refractivity contribution in [2.24, 2.45) is 0 Å². The minimum atomic E-state index is 0.385. The summed E-state index contributed by atoms with van der Waals surface area (Å²) in [5.74, 6) is 1.89. The topological polar surface area (TPSA) is 51.4 Å². The Balaban J connectivity index is 1.41. The summed E-state index contributed by atoms with van der Waals surface area (Å²) in [6.07, 6.45) is 5.00. The van der Waals surface area contributed by atoms with Gasteiger partial charge in [0.05, 0.1) is 18.4 Å². The summed E-state index contributed by atoms with van der Waals surface area (Å²) in [7, 11) is 0. The summed E-state index contributed by atoms with van der Waals surface area (Å²) in [5.41, 5.74) is 4.81. The molecule has 0 amide bonds. The first kappa shape index (κ1) is 17.1. The molecular formula is C22H21N5S. The molecule has 1 aliphatic carbocycles. The second kappa shape index (κ2) is 6.87. The normalized spacial score (nSPS) is 18.3. The number of aromatic amines is 1. The average Bonchev–Trinajstić information content (AvgIpc) is 3.23. The summed E-state index contributed by atoms with van der Waals surface area (Å²) in [6, 6.07) is 19.2. The van der Waals surface area contributed by atoms with Gasteiger partial charge in [-0.05, 0) is 42.6 Å². The third kappa shape index (κ3) is 3.20. The van der Waals surface area contributed by atoms with Crippen LogP contribution < -0.4 is 0 Å². The molecule has 2 aromatic heterocycles. The van der Waals surface area contributed by atoms with E-state index in [9.17, 15) is 0 Å². The fourth-order valence-electron chi connectivity index (χ4n) is 3.79. The van der Waals surface area contributed by atoms with Crippen molar-refractivity contribution in [3.63, 3.8) is 0 Å². The zero-order chi connectivity index (χ0) is 19.1. The van der Waals surface area contributed by atoms with Gasteiger partial charge in [0.15, 0.2) is 4.77 Å². The largest absolute Gasteiger partial charge is 0.269 e. The Bertz CT molecular complexity index is 1150. The molecule has 28 heavy (non-hydrogen) atoms. The molecule has 0 spiro atoms. The van der Waals surface area contributed by atoms with Gasteiger partial charge in [0.2, 0.25) is 0 Å². The van der Waals surface area contributed by atoms with E-state index in [-0.39, 0.29) is 0 Å². The predicted octanol–water partition coefficient (Wildman–Crippen LogP) is 4.75. The van der Waals surface area contributed by atoms with Gasteiger partial charge < -0.3 is 0 Å². The van der Waals surface area contributed by atoms with Crippen LogP contribution in [0.15, 0.2) is 67.0 Å². The predicted molar refractivity (Wildman–Crippen MR) is 111 cm³/mol. The van der Waals surface area contributed by atoms with Crippen molar-refractivity contribution in [3.8, 4) is 5.69 Å². The van der Waals surface area contributed by atoms with E-state index >= 15 is 0 Å². The van der Waals surface area contributed by atoms with Crippen molar-refractivity contribution in [2.45, 2.75) is 31.7 Å². The Kier molecular flexibility index (Phi) is 4.20. The highest BCUT2D eigenvalue weighted by Gasteiger charge is 2.43. The standard InChI is InChI=1S/C22H21N5S/c1-15-7-9-16(10-8-15)13-26-14-18(12-23-26)27-21(24-25-22(27)28)20-11-19(20)17-5-3-2-4-6-17/h2-10,12,14,19-20H,11,13H2,1H3,(H,25,28)/t19-,20-/m0/s1. The van der Waals surface area contributed by atoms with Crippen molar-refractivity contribution in [2.75, 3.05) is 0 Å². The first-order chi connectivity index (χ1) is 13.7. The van der Waals surface area contributed by atoms with Crippen LogP contribution in [-0.4, -0.2) is 24.5 Å². The van der Waals surface area contributed by atoms with E-state index in [1.807, 2.05) is 21.6 Å². The fourth-order valence-corrected chi connectivity index (χ4v) is 4.04. The maximum atomic E-state index is 5.52. The number of aromatic nitrogens is 5. The molecule has 6 heteroatoms. The molecule has 0 saturated heterocycles. The molecule has 0 bridgehead atoms. The highest BCUT2D eigenvalue weighted by atomic mass is 32.1. The van der Waals surface area contributed by atoms with E-state index in [4.69, 9.17) is 12.2 Å². The lowest BCUT2D eigenvalue weighted by atomic mass is 10.1. The highest BCUT2D eigenvalue weighted by Crippen LogP contribution is 2.54. The summed E-state index contributed by atoms with van der Waals surface area (Å²) >= 11 is 5.52. The molecule has 4 aromatic rings. The van der Waals surface area contributed by atoms with Crippen LogP contribution in [0.3, 0.4) is 0 Å². The Morgan fingerprint density at radius 3 is 2.64 bits per heavy atom. The third-order valence-electron chi connectivity index (χ3n) is 5.39. The number of rotatable bonds is 5. The van der Waals surface area contributed by atoms with Crippen molar-refractivity contribution in [1.29, 1.82) is 0 Å². The van der Waals surface area contributed by atoms with Crippen LogP contribution in [-0.2, 0) is 6.54 Å². The van der Waals surface area contributed by atoms with Crippen LogP contribution in [0.5, 0.6) is 0 Å². The molecule has 0 radical (unpaired) electrons. The maximum absolute atomic E-state index is 5.52. The van der Waals surface area contributed by atoms with E-state index in [0.29, 0.717) is 16.6 Å². The third-order valence-corrected chi connectivity index (χ3v) is 5.66. The fraction of sp³-hybridized carbons (Fsp3) is 0.227. The molecule has 2 aromatic carbocycles. The second-order valence-corrected chi connectivity index (χ2v) is 7.85. The molecule has 2 heterocycles. The molecule has 1 N–H and O–H groups in total. The smallest absolute Gasteiger partial charge is 0.199 e. The molecular weight excluding hydrogens is 366 g/mol. The van der Waals surface area contributed by atoms with Gasteiger partial charge in [-0.1, -0.05) is 60.2 Å². The van der Waals surface area contributed by atoms with Gasteiger partial charge >= 0.3 is 0 Å². The van der Waals surface area contributed by atoms with Gasteiger partial charge in [-0.15, -0.1) is 0 Å². The molecule has 5 nitrogen and oxygen atoms in total. The molecule has 1 saturated carbocycles. The number of nitrogens with one attached hydrogen (secondary N) is 1. The number of benzene rings is 2. The quantitative estimate of drug-likeness (QED) is 0.503. The van der Waals surface area contributed by atoms with Crippen LogP contribution in [0.1, 0.15) is 40.8 Å². The Morgan fingerprint density at radius 1 is 1.07 bits per heavy atom. The lowest BCUT2D eigenvalue weighted by Gasteiger charge is -2.05. The summed E-state index contributed by atoms with van der Waals surface area (Å²) in [6.45, 7) is 2.83. The lowest BCUT2D eigenvalue weighted by molar-refractivity contribution is 0.686. The van der Waals surface area contributed by atoms with Gasteiger partial charge in [-0.2, -0.15) is 10.2 Å². The average molecular weight is 388 g/mol. The maximum Gasteiger partial charge on any atom is 0.199 e.